The molecule has 0 atom stereocenters. The summed E-state index contributed by atoms with van der Waals surface area (Å²) in [5.74, 6) is 0. The van der Waals surface area contributed by atoms with Crippen LogP contribution in [0.15, 0.2) is 12.1 Å². The first-order chi connectivity index (χ1) is 15.2. The fourth-order valence-electron chi connectivity index (χ4n) is 1.47. The van der Waals surface area contributed by atoms with Crippen molar-refractivity contribution in [2.45, 2.75) is 18.5 Å². The fraction of sp³-hybridized carbons (Fsp3) is 0.333. The first-order valence-corrected chi connectivity index (χ1v) is 7.70. The van der Waals surface area contributed by atoms with Gasteiger partial charge in [-0.25, -0.2) is 0 Å². The van der Waals surface area contributed by atoms with Crippen LogP contribution < -0.4 is 4.24 Å². The first-order valence-electron chi connectivity index (χ1n) is 7.70. The first kappa shape index (κ1) is 41.1. The van der Waals surface area contributed by atoms with E-state index in [1.54, 1.807) is 0 Å². The van der Waals surface area contributed by atoms with Crippen molar-refractivity contribution in [2.75, 3.05) is 0 Å². The standard InChI is InChI=1S/C9H2F9.4BH3O3.Li/c10-7(11,12)4-1-5(8(13,14)15)3-6(2-4)9(16,17)18;4*2-1(3)4;/h1-2H;4*2-4H;. The number of hydrogen-bond acceptors (Lipinski definition) is 12. The molecule has 0 aromatic heterocycles. The molecule has 0 heterocycles. The molecule has 0 fully saturated rings. The molecule has 1 aromatic carbocycles. The molecule has 0 spiro atoms. The summed E-state index contributed by atoms with van der Waals surface area (Å²) >= 11 is 0.478. The van der Waals surface area contributed by atoms with E-state index in [1.807, 2.05) is 0 Å². The maximum atomic E-state index is 12.5. The van der Waals surface area contributed by atoms with E-state index >= 15 is 0 Å². The molecule has 1 rings (SSSR count). The van der Waals surface area contributed by atoms with Crippen molar-refractivity contribution in [3.63, 3.8) is 0 Å². The SMILES string of the molecule is OB(O)O.OB(O)O.OB(O)O.OB(O)O.[Li][c]1c(C(F)(F)F)cc(C(F)(F)F)cc1C(F)(F)F. The van der Waals surface area contributed by atoms with Crippen LogP contribution in [0.1, 0.15) is 16.7 Å². The third-order valence-corrected chi connectivity index (χ3v) is 2.35. The van der Waals surface area contributed by atoms with Crippen molar-refractivity contribution in [1.29, 1.82) is 0 Å². The Labute approximate surface area is 199 Å². The minimum atomic E-state index is -5.30. The van der Waals surface area contributed by atoms with Gasteiger partial charge in [0.05, 0.1) is 0 Å². The van der Waals surface area contributed by atoms with Crippen LogP contribution in [0.5, 0.6) is 0 Å². The van der Waals surface area contributed by atoms with Gasteiger partial charge in [0.2, 0.25) is 0 Å². The Kier molecular flexibility index (Phi) is 21.4. The summed E-state index contributed by atoms with van der Waals surface area (Å²) in [5.41, 5.74) is -5.89. The Morgan fingerprint density at radius 1 is 0.457 bits per heavy atom. The van der Waals surface area contributed by atoms with Crippen molar-refractivity contribution in [3.8, 4) is 0 Å². The molecule has 12 N–H and O–H groups in total. The second-order valence-electron chi connectivity index (χ2n) is 5.08. The van der Waals surface area contributed by atoms with Crippen LogP contribution >= 0.6 is 0 Å². The zero-order chi connectivity index (χ0) is 29.5. The molecular weight excluding hydrogens is 521 g/mol. The summed E-state index contributed by atoms with van der Waals surface area (Å²) in [6, 6.07) is -0.658. The van der Waals surface area contributed by atoms with Gasteiger partial charge in [0, 0.05) is 0 Å². The third kappa shape index (κ3) is 29.1. The minimum absolute atomic E-state index is 0.329. The predicted octanol–water partition coefficient (Wildman–Crippen LogP) is -4.67. The average Bonchev–Trinajstić information content (AvgIpc) is 2.49. The maximum absolute atomic E-state index is 12.5. The van der Waals surface area contributed by atoms with Gasteiger partial charge in [-0.3, -0.25) is 0 Å². The molecule has 0 aliphatic rings. The second kappa shape index (κ2) is 18.2. The van der Waals surface area contributed by atoms with Crippen molar-refractivity contribution < 1.29 is 99.8 Å². The normalized spacial score (nSPS) is 10.6. The van der Waals surface area contributed by atoms with Crippen LogP contribution in [-0.4, -0.2) is 107 Å². The van der Waals surface area contributed by atoms with E-state index in [2.05, 4.69) is 0 Å². The summed E-state index contributed by atoms with van der Waals surface area (Å²) in [7, 11) is -8.67. The Morgan fingerprint density at radius 2 is 0.629 bits per heavy atom. The van der Waals surface area contributed by atoms with E-state index in [1.165, 1.54) is 0 Å². The van der Waals surface area contributed by atoms with E-state index in [0.717, 1.165) is 0 Å². The molecule has 0 aliphatic heterocycles. The second-order valence-corrected chi connectivity index (χ2v) is 5.08. The quantitative estimate of drug-likeness (QED) is 0.111. The van der Waals surface area contributed by atoms with Crippen molar-refractivity contribution in [1.82, 2.24) is 0 Å². The number of rotatable bonds is 0. The molecule has 0 radical (unpaired) electrons. The molecule has 0 saturated heterocycles. The van der Waals surface area contributed by atoms with Gasteiger partial charge in [-0.15, -0.1) is 0 Å². The van der Waals surface area contributed by atoms with Gasteiger partial charge in [0.1, 0.15) is 0 Å². The molecule has 35 heavy (non-hydrogen) atoms. The molecule has 1 aromatic rings. The van der Waals surface area contributed by atoms with E-state index in [0.29, 0.717) is 17.7 Å². The van der Waals surface area contributed by atoms with Crippen LogP contribution in [0, 0.1) is 0 Å². The summed E-state index contributed by atoms with van der Waals surface area (Å²) in [5, 5.41) is 86.0. The molecule has 198 valence electrons. The van der Waals surface area contributed by atoms with Crippen molar-refractivity contribution in [3.05, 3.63) is 28.8 Å². The van der Waals surface area contributed by atoms with Gasteiger partial charge in [-0.2, -0.15) is 0 Å². The van der Waals surface area contributed by atoms with Crippen LogP contribution in [0.4, 0.5) is 39.5 Å². The van der Waals surface area contributed by atoms with Crippen LogP contribution in [0.3, 0.4) is 0 Å². The monoisotopic (exact) mass is 536 g/mol. The van der Waals surface area contributed by atoms with Gasteiger partial charge in [-0.1, -0.05) is 0 Å². The number of benzene rings is 1. The number of alkyl halides is 9. The van der Waals surface area contributed by atoms with Gasteiger partial charge < -0.3 is 60.3 Å². The van der Waals surface area contributed by atoms with Gasteiger partial charge >= 0.3 is 138 Å². The third-order valence-electron chi connectivity index (χ3n) is 2.35. The molecule has 12 nitrogen and oxygen atoms in total. The molecule has 0 bridgehead atoms. The van der Waals surface area contributed by atoms with Crippen LogP contribution in [0.2, 0.25) is 0 Å². The molecule has 0 amide bonds. The van der Waals surface area contributed by atoms with Gasteiger partial charge in [-0.05, 0) is 0 Å². The van der Waals surface area contributed by atoms with Gasteiger partial charge in [0.15, 0.2) is 0 Å². The average molecular weight is 535 g/mol. The zero-order valence-corrected chi connectivity index (χ0v) is 16.7. The molecule has 0 unspecified atom stereocenters. The summed E-state index contributed by atoms with van der Waals surface area (Å²) in [4.78, 5) is 0. The van der Waals surface area contributed by atoms with E-state index in [4.69, 9.17) is 60.3 Å². The summed E-state index contributed by atoms with van der Waals surface area (Å²) in [6.07, 6.45) is -15.9. The number of halogens is 9. The Hall–Kier alpha value is -1.03. The van der Waals surface area contributed by atoms with E-state index in [-0.39, 0.29) is 12.1 Å². The van der Waals surface area contributed by atoms with Crippen LogP contribution in [-0.2, 0) is 18.5 Å². The fourth-order valence-corrected chi connectivity index (χ4v) is 1.47. The molecular formula is C9H14B4F9LiO12. The van der Waals surface area contributed by atoms with Crippen LogP contribution in [0.25, 0.3) is 0 Å². The predicted molar refractivity (Wildman–Crippen MR) is 96.5 cm³/mol. The summed E-state index contributed by atoms with van der Waals surface area (Å²) < 4.78 is 110. The molecule has 0 saturated carbocycles. The van der Waals surface area contributed by atoms with Gasteiger partial charge in [0.25, 0.3) is 0 Å². The van der Waals surface area contributed by atoms with E-state index in [9.17, 15) is 39.5 Å². The topological polar surface area (TPSA) is 243 Å². The number of hydrogen-bond donors (Lipinski definition) is 12. The van der Waals surface area contributed by atoms with Crippen molar-refractivity contribution >= 4 is 51.2 Å². The zero-order valence-electron chi connectivity index (χ0n) is 16.7. The Bertz CT molecular complexity index is 621. The van der Waals surface area contributed by atoms with Crippen molar-refractivity contribution in [2.24, 2.45) is 0 Å². The van der Waals surface area contributed by atoms with E-state index < -0.39 is 68.7 Å². The Morgan fingerprint density at radius 3 is 0.743 bits per heavy atom. The molecule has 26 heteroatoms. The Balaban J connectivity index is -0.000000244. The summed E-state index contributed by atoms with van der Waals surface area (Å²) in [6.45, 7) is 0. The molecule has 0 aliphatic carbocycles.